The van der Waals surface area contributed by atoms with Gasteiger partial charge in [-0.2, -0.15) is 17.7 Å². The number of nitrogens with zero attached hydrogens (tertiary/aromatic N) is 2. The fraction of sp³-hybridized carbons (Fsp3) is 0.700. The van der Waals surface area contributed by atoms with Gasteiger partial charge in [0.15, 0.2) is 0 Å². The fourth-order valence-corrected chi connectivity index (χ4v) is 2.07. The molecule has 0 spiro atoms. The van der Waals surface area contributed by atoms with Crippen LogP contribution in [0.15, 0.2) is 4.47 Å². The lowest BCUT2D eigenvalue weighted by atomic mass is 10.1. The van der Waals surface area contributed by atoms with E-state index in [0.29, 0.717) is 5.92 Å². The maximum absolute atomic E-state index is 4.48. The van der Waals surface area contributed by atoms with E-state index in [1.807, 2.05) is 6.92 Å². The fourth-order valence-electron chi connectivity index (χ4n) is 1.41. The molecule has 1 heterocycles. The van der Waals surface area contributed by atoms with Crippen LogP contribution >= 0.6 is 28.6 Å². The third kappa shape index (κ3) is 2.54. The van der Waals surface area contributed by atoms with Gasteiger partial charge in [0.2, 0.25) is 0 Å². The van der Waals surface area contributed by atoms with Crippen molar-refractivity contribution in [3.8, 4) is 0 Å². The molecule has 0 saturated heterocycles. The van der Waals surface area contributed by atoms with Gasteiger partial charge in [-0.1, -0.05) is 13.3 Å². The molecule has 1 aromatic heterocycles. The molecule has 0 aromatic carbocycles. The minimum absolute atomic E-state index is 0.614. The summed E-state index contributed by atoms with van der Waals surface area (Å²) in [5.41, 5.74) is 2.28. The number of aryl methyl sites for hydroxylation is 1. The van der Waals surface area contributed by atoms with Gasteiger partial charge in [0.25, 0.3) is 0 Å². The van der Waals surface area contributed by atoms with Crippen molar-refractivity contribution in [1.82, 2.24) is 9.78 Å². The lowest BCUT2D eigenvalue weighted by molar-refractivity contribution is 0.438. The summed E-state index contributed by atoms with van der Waals surface area (Å²) in [7, 11) is 0. The first-order valence-corrected chi connectivity index (χ1v) is 6.33. The van der Waals surface area contributed by atoms with Crippen LogP contribution in [0.25, 0.3) is 0 Å². The van der Waals surface area contributed by atoms with Crippen LogP contribution in [-0.2, 0) is 6.54 Å². The quantitative estimate of drug-likeness (QED) is 0.837. The summed E-state index contributed by atoms with van der Waals surface area (Å²) >= 11 is 7.87. The molecule has 14 heavy (non-hydrogen) atoms. The van der Waals surface area contributed by atoms with Crippen molar-refractivity contribution in [2.75, 3.05) is 5.75 Å². The number of rotatable bonds is 4. The molecule has 0 aliphatic rings. The molecule has 1 rings (SSSR count). The van der Waals surface area contributed by atoms with Gasteiger partial charge in [0, 0.05) is 12.2 Å². The highest BCUT2D eigenvalue weighted by atomic mass is 79.9. The Labute approximate surface area is 99.6 Å². The van der Waals surface area contributed by atoms with Crippen LogP contribution in [0, 0.1) is 19.8 Å². The SMILES string of the molecule is CCC(CS)Cn1nc(C)c(Br)c1C. The number of hydrogen-bond acceptors (Lipinski definition) is 2. The lowest BCUT2D eigenvalue weighted by Crippen LogP contribution is -2.13. The molecule has 0 aliphatic heterocycles. The molecule has 0 radical (unpaired) electrons. The van der Waals surface area contributed by atoms with Crippen LogP contribution in [0.1, 0.15) is 24.7 Å². The molecule has 1 atom stereocenters. The maximum Gasteiger partial charge on any atom is 0.0738 e. The van der Waals surface area contributed by atoms with Crippen molar-refractivity contribution in [2.45, 2.75) is 33.7 Å². The van der Waals surface area contributed by atoms with Gasteiger partial charge < -0.3 is 0 Å². The van der Waals surface area contributed by atoms with Gasteiger partial charge in [-0.15, -0.1) is 0 Å². The Kier molecular flexibility index (Phi) is 4.51. The summed E-state index contributed by atoms with van der Waals surface area (Å²) in [6.45, 7) is 7.28. The Morgan fingerprint density at radius 2 is 2.14 bits per heavy atom. The Morgan fingerprint density at radius 1 is 1.50 bits per heavy atom. The maximum atomic E-state index is 4.48. The molecule has 0 bridgehead atoms. The first kappa shape index (κ1) is 12.1. The second-order valence-corrected chi connectivity index (χ2v) is 4.78. The number of halogens is 1. The highest BCUT2D eigenvalue weighted by Crippen LogP contribution is 2.21. The Balaban J connectivity index is 2.81. The van der Waals surface area contributed by atoms with E-state index in [1.165, 1.54) is 5.69 Å². The van der Waals surface area contributed by atoms with Crippen LogP contribution in [0.5, 0.6) is 0 Å². The zero-order valence-electron chi connectivity index (χ0n) is 8.92. The van der Waals surface area contributed by atoms with E-state index < -0.39 is 0 Å². The summed E-state index contributed by atoms with van der Waals surface area (Å²) in [5, 5.41) is 4.48. The molecular formula is C10H17BrN2S. The lowest BCUT2D eigenvalue weighted by Gasteiger charge is -2.12. The van der Waals surface area contributed by atoms with Crippen LogP contribution in [0.4, 0.5) is 0 Å². The molecule has 4 heteroatoms. The molecular weight excluding hydrogens is 260 g/mol. The van der Waals surface area contributed by atoms with E-state index in [2.05, 4.69) is 52.2 Å². The summed E-state index contributed by atoms with van der Waals surface area (Å²) in [4.78, 5) is 0. The first-order valence-electron chi connectivity index (χ1n) is 4.90. The predicted octanol–water partition coefficient (Wildman–Crippen LogP) is 3.22. The van der Waals surface area contributed by atoms with Crippen molar-refractivity contribution >= 4 is 28.6 Å². The van der Waals surface area contributed by atoms with Crippen molar-refractivity contribution in [3.63, 3.8) is 0 Å². The van der Waals surface area contributed by atoms with E-state index in [9.17, 15) is 0 Å². The summed E-state index contributed by atoms with van der Waals surface area (Å²) in [6.07, 6.45) is 1.15. The Bertz CT molecular complexity index is 305. The average Bonchev–Trinajstić information content (AvgIpc) is 2.42. The molecule has 80 valence electrons. The number of thiol groups is 1. The van der Waals surface area contributed by atoms with Gasteiger partial charge in [-0.3, -0.25) is 4.68 Å². The highest BCUT2D eigenvalue weighted by molar-refractivity contribution is 9.10. The molecule has 0 aliphatic carbocycles. The normalized spacial score (nSPS) is 13.2. The number of hydrogen-bond donors (Lipinski definition) is 1. The average molecular weight is 277 g/mol. The van der Waals surface area contributed by atoms with Gasteiger partial charge >= 0.3 is 0 Å². The van der Waals surface area contributed by atoms with Crippen molar-refractivity contribution in [1.29, 1.82) is 0 Å². The van der Waals surface area contributed by atoms with E-state index in [4.69, 9.17) is 0 Å². The zero-order chi connectivity index (χ0) is 10.7. The molecule has 0 amide bonds. The Morgan fingerprint density at radius 3 is 2.50 bits per heavy atom. The minimum atomic E-state index is 0.614. The summed E-state index contributed by atoms with van der Waals surface area (Å²) in [5.74, 6) is 1.54. The van der Waals surface area contributed by atoms with E-state index in [0.717, 1.165) is 28.9 Å². The predicted molar refractivity (Wildman–Crippen MR) is 67.0 cm³/mol. The van der Waals surface area contributed by atoms with Crippen molar-refractivity contribution in [3.05, 3.63) is 15.9 Å². The molecule has 1 aromatic rings. The first-order chi connectivity index (χ1) is 6.60. The molecule has 2 nitrogen and oxygen atoms in total. The van der Waals surface area contributed by atoms with Crippen LogP contribution < -0.4 is 0 Å². The second-order valence-electron chi connectivity index (χ2n) is 3.62. The Hall–Kier alpha value is 0.0400. The van der Waals surface area contributed by atoms with E-state index in [-0.39, 0.29) is 0 Å². The zero-order valence-corrected chi connectivity index (χ0v) is 11.4. The van der Waals surface area contributed by atoms with Crippen molar-refractivity contribution in [2.24, 2.45) is 5.92 Å². The molecule has 0 saturated carbocycles. The number of aromatic nitrogens is 2. The van der Waals surface area contributed by atoms with Gasteiger partial charge in [0.05, 0.1) is 10.2 Å². The second kappa shape index (κ2) is 5.21. The van der Waals surface area contributed by atoms with Gasteiger partial charge in [-0.25, -0.2) is 0 Å². The van der Waals surface area contributed by atoms with E-state index >= 15 is 0 Å². The standard InChI is InChI=1S/C10H17BrN2S/c1-4-9(6-14)5-13-8(3)10(11)7(2)12-13/h9,14H,4-6H2,1-3H3. The molecule has 0 fully saturated rings. The molecule has 1 unspecified atom stereocenters. The van der Waals surface area contributed by atoms with Gasteiger partial charge in [0.1, 0.15) is 0 Å². The smallest absolute Gasteiger partial charge is 0.0738 e. The highest BCUT2D eigenvalue weighted by Gasteiger charge is 2.11. The van der Waals surface area contributed by atoms with Crippen LogP contribution in [-0.4, -0.2) is 15.5 Å². The molecule has 0 N–H and O–H groups in total. The van der Waals surface area contributed by atoms with Gasteiger partial charge in [-0.05, 0) is 41.4 Å². The topological polar surface area (TPSA) is 17.8 Å². The third-order valence-electron chi connectivity index (χ3n) is 2.56. The third-order valence-corrected chi connectivity index (χ3v) is 4.22. The summed E-state index contributed by atoms with van der Waals surface area (Å²) in [6, 6.07) is 0. The van der Waals surface area contributed by atoms with Crippen LogP contribution in [0.3, 0.4) is 0 Å². The minimum Gasteiger partial charge on any atom is -0.268 e. The largest absolute Gasteiger partial charge is 0.268 e. The monoisotopic (exact) mass is 276 g/mol. The summed E-state index contributed by atoms with van der Waals surface area (Å²) < 4.78 is 3.20. The van der Waals surface area contributed by atoms with E-state index in [1.54, 1.807) is 0 Å². The van der Waals surface area contributed by atoms with Crippen molar-refractivity contribution < 1.29 is 0 Å². The van der Waals surface area contributed by atoms with Crippen LogP contribution in [0.2, 0.25) is 0 Å².